The Morgan fingerprint density at radius 1 is 1.06 bits per heavy atom. The van der Waals surface area contributed by atoms with Crippen molar-refractivity contribution in [2.45, 2.75) is 51.0 Å². The fraction of sp³-hybridized carbons (Fsp3) is 1.00. The van der Waals surface area contributed by atoms with Crippen LogP contribution in [-0.2, 0) is 0 Å². The molecule has 1 heterocycles. The highest BCUT2D eigenvalue weighted by atomic mass is 16.3. The third-order valence-electron chi connectivity index (χ3n) is 4.68. The lowest BCUT2D eigenvalue weighted by molar-refractivity contribution is 0.0369. The van der Waals surface area contributed by atoms with Crippen LogP contribution >= 0.6 is 0 Å². The zero-order valence-corrected chi connectivity index (χ0v) is 11.0. The van der Waals surface area contributed by atoms with Gasteiger partial charge < -0.3 is 15.7 Å². The smallest absolute Gasteiger partial charge is 0.0695 e. The van der Waals surface area contributed by atoms with Crippen molar-refractivity contribution in [2.24, 2.45) is 17.6 Å². The molecule has 0 spiro atoms. The van der Waals surface area contributed by atoms with E-state index in [2.05, 4.69) is 4.90 Å². The van der Waals surface area contributed by atoms with Crippen LogP contribution in [0.3, 0.4) is 0 Å². The molecule has 0 aromatic heterocycles. The van der Waals surface area contributed by atoms with Gasteiger partial charge in [-0.05, 0) is 57.2 Å². The fourth-order valence-corrected chi connectivity index (χ4v) is 3.34. The molecular weight excluding hydrogens is 212 g/mol. The Balaban J connectivity index is 1.69. The van der Waals surface area contributed by atoms with E-state index in [9.17, 15) is 5.11 Å². The average molecular weight is 240 g/mol. The van der Waals surface area contributed by atoms with Gasteiger partial charge in [-0.15, -0.1) is 0 Å². The van der Waals surface area contributed by atoms with Gasteiger partial charge in [-0.2, -0.15) is 0 Å². The van der Waals surface area contributed by atoms with E-state index in [1.807, 2.05) is 0 Å². The summed E-state index contributed by atoms with van der Waals surface area (Å²) < 4.78 is 0. The maximum Gasteiger partial charge on any atom is 0.0695 e. The number of nitrogens with two attached hydrogens (primary N) is 1. The SMILES string of the molecule is NCC1CCN(CC(O)C2CCCCC2)CC1. The molecule has 3 heteroatoms. The molecule has 1 saturated heterocycles. The molecule has 0 amide bonds. The van der Waals surface area contributed by atoms with E-state index in [4.69, 9.17) is 5.73 Å². The Labute approximate surface area is 105 Å². The minimum Gasteiger partial charge on any atom is -0.392 e. The molecule has 1 atom stereocenters. The van der Waals surface area contributed by atoms with Gasteiger partial charge in [-0.3, -0.25) is 0 Å². The van der Waals surface area contributed by atoms with E-state index in [1.165, 1.54) is 44.9 Å². The van der Waals surface area contributed by atoms with E-state index in [1.54, 1.807) is 0 Å². The van der Waals surface area contributed by atoms with Crippen molar-refractivity contribution >= 4 is 0 Å². The van der Waals surface area contributed by atoms with Crippen molar-refractivity contribution in [1.29, 1.82) is 0 Å². The number of aliphatic hydroxyl groups is 1. The molecule has 0 bridgehead atoms. The summed E-state index contributed by atoms with van der Waals surface area (Å²) in [5.74, 6) is 1.29. The van der Waals surface area contributed by atoms with Gasteiger partial charge in [0, 0.05) is 6.54 Å². The number of hydrogen-bond donors (Lipinski definition) is 2. The summed E-state index contributed by atoms with van der Waals surface area (Å²) in [4.78, 5) is 2.44. The first-order valence-electron chi connectivity index (χ1n) is 7.40. The van der Waals surface area contributed by atoms with Crippen LogP contribution in [-0.4, -0.2) is 42.3 Å². The molecular formula is C14H28N2O. The van der Waals surface area contributed by atoms with E-state index in [0.717, 1.165) is 32.1 Å². The standard InChI is InChI=1S/C14H28N2O/c15-10-12-6-8-16(9-7-12)11-14(17)13-4-2-1-3-5-13/h12-14,17H,1-11,15H2. The molecule has 3 N–H and O–H groups in total. The van der Waals surface area contributed by atoms with Crippen molar-refractivity contribution < 1.29 is 5.11 Å². The topological polar surface area (TPSA) is 49.5 Å². The van der Waals surface area contributed by atoms with Crippen molar-refractivity contribution in [1.82, 2.24) is 4.90 Å². The normalized spacial score (nSPS) is 27.2. The number of hydrogen-bond acceptors (Lipinski definition) is 3. The number of aliphatic hydroxyl groups excluding tert-OH is 1. The second kappa shape index (κ2) is 6.72. The molecule has 17 heavy (non-hydrogen) atoms. The summed E-state index contributed by atoms with van der Waals surface area (Å²) in [7, 11) is 0. The van der Waals surface area contributed by atoms with Gasteiger partial charge in [0.15, 0.2) is 0 Å². The van der Waals surface area contributed by atoms with E-state index in [-0.39, 0.29) is 6.10 Å². The van der Waals surface area contributed by atoms with Crippen LogP contribution in [0.25, 0.3) is 0 Å². The number of nitrogens with zero attached hydrogens (tertiary/aromatic N) is 1. The minimum absolute atomic E-state index is 0.0928. The Hall–Kier alpha value is -0.120. The zero-order valence-electron chi connectivity index (χ0n) is 11.0. The monoisotopic (exact) mass is 240 g/mol. The lowest BCUT2D eigenvalue weighted by atomic mass is 9.85. The summed E-state index contributed by atoms with van der Waals surface area (Å²) in [6.45, 7) is 3.98. The van der Waals surface area contributed by atoms with Gasteiger partial charge in [0.1, 0.15) is 0 Å². The molecule has 1 aliphatic heterocycles. The predicted octanol–water partition coefficient (Wildman–Crippen LogP) is 1.60. The summed E-state index contributed by atoms with van der Waals surface area (Å²) in [5, 5.41) is 10.3. The van der Waals surface area contributed by atoms with E-state index in [0.29, 0.717) is 5.92 Å². The highest BCUT2D eigenvalue weighted by Crippen LogP contribution is 2.27. The largest absolute Gasteiger partial charge is 0.392 e. The summed E-state index contributed by atoms with van der Waals surface area (Å²) >= 11 is 0. The molecule has 1 saturated carbocycles. The van der Waals surface area contributed by atoms with Gasteiger partial charge in [-0.25, -0.2) is 0 Å². The van der Waals surface area contributed by atoms with Crippen molar-refractivity contribution in [3.05, 3.63) is 0 Å². The molecule has 2 fully saturated rings. The lowest BCUT2D eigenvalue weighted by Gasteiger charge is -2.35. The molecule has 2 rings (SSSR count). The molecule has 0 radical (unpaired) electrons. The molecule has 0 aromatic carbocycles. The Morgan fingerprint density at radius 2 is 1.71 bits per heavy atom. The van der Waals surface area contributed by atoms with Crippen LogP contribution in [0.4, 0.5) is 0 Å². The zero-order chi connectivity index (χ0) is 12.1. The van der Waals surface area contributed by atoms with Crippen LogP contribution in [0.5, 0.6) is 0 Å². The van der Waals surface area contributed by atoms with Crippen LogP contribution in [0, 0.1) is 11.8 Å². The fourth-order valence-electron chi connectivity index (χ4n) is 3.34. The van der Waals surface area contributed by atoms with Gasteiger partial charge in [0.05, 0.1) is 6.10 Å². The summed E-state index contributed by atoms with van der Waals surface area (Å²) in [6.07, 6.45) is 8.81. The van der Waals surface area contributed by atoms with Crippen LogP contribution < -0.4 is 5.73 Å². The van der Waals surface area contributed by atoms with Crippen LogP contribution in [0.15, 0.2) is 0 Å². The van der Waals surface area contributed by atoms with Gasteiger partial charge in [-0.1, -0.05) is 19.3 Å². The second-order valence-corrected chi connectivity index (χ2v) is 5.95. The van der Waals surface area contributed by atoms with Gasteiger partial charge in [0.2, 0.25) is 0 Å². The van der Waals surface area contributed by atoms with E-state index >= 15 is 0 Å². The second-order valence-electron chi connectivity index (χ2n) is 5.95. The Kier molecular flexibility index (Phi) is 5.26. The molecule has 1 aliphatic carbocycles. The number of β-amino-alcohol motifs (C(OH)–C–C–N with tert-alkyl or cyclic N) is 1. The number of piperidine rings is 1. The lowest BCUT2D eigenvalue weighted by Crippen LogP contribution is -2.42. The maximum absolute atomic E-state index is 10.3. The van der Waals surface area contributed by atoms with Crippen molar-refractivity contribution in [2.75, 3.05) is 26.2 Å². The Bertz CT molecular complexity index is 208. The molecule has 100 valence electrons. The first kappa shape index (κ1) is 13.3. The van der Waals surface area contributed by atoms with Gasteiger partial charge >= 0.3 is 0 Å². The Morgan fingerprint density at radius 3 is 2.29 bits per heavy atom. The molecule has 3 nitrogen and oxygen atoms in total. The summed E-state index contributed by atoms with van der Waals surface area (Å²) in [6, 6.07) is 0. The van der Waals surface area contributed by atoms with Crippen LogP contribution in [0.2, 0.25) is 0 Å². The molecule has 2 aliphatic rings. The molecule has 1 unspecified atom stereocenters. The summed E-state index contributed by atoms with van der Waals surface area (Å²) in [5.41, 5.74) is 5.70. The first-order chi connectivity index (χ1) is 8.29. The third-order valence-corrected chi connectivity index (χ3v) is 4.68. The number of rotatable bonds is 4. The highest BCUT2D eigenvalue weighted by molar-refractivity contribution is 4.79. The first-order valence-corrected chi connectivity index (χ1v) is 7.40. The molecule has 0 aromatic rings. The average Bonchev–Trinajstić information content (AvgIpc) is 2.40. The number of likely N-dealkylation sites (tertiary alicyclic amines) is 1. The van der Waals surface area contributed by atoms with Crippen molar-refractivity contribution in [3.63, 3.8) is 0 Å². The van der Waals surface area contributed by atoms with E-state index < -0.39 is 0 Å². The minimum atomic E-state index is -0.0928. The highest BCUT2D eigenvalue weighted by Gasteiger charge is 2.25. The quantitative estimate of drug-likeness (QED) is 0.785. The van der Waals surface area contributed by atoms with Gasteiger partial charge in [0.25, 0.3) is 0 Å². The van der Waals surface area contributed by atoms with Crippen molar-refractivity contribution in [3.8, 4) is 0 Å². The van der Waals surface area contributed by atoms with Crippen LogP contribution in [0.1, 0.15) is 44.9 Å². The predicted molar refractivity (Wildman–Crippen MR) is 70.8 cm³/mol. The maximum atomic E-state index is 10.3. The third kappa shape index (κ3) is 3.94.